The lowest BCUT2D eigenvalue weighted by Gasteiger charge is -2.32. The van der Waals surface area contributed by atoms with Crippen LogP contribution in [0, 0.1) is 5.92 Å². The molecule has 1 aromatic heterocycles. The Hall–Kier alpha value is -2.36. The molecule has 2 aliphatic rings. The number of aromatic nitrogens is 1. The highest BCUT2D eigenvalue weighted by Gasteiger charge is 2.23. The highest BCUT2D eigenvalue weighted by molar-refractivity contribution is 5.92. The molecule has 1 fully saturated rings. The van der Waals surface area contributed by atoms with Crippen LogP contribution in [0.4, 0.5) is 11.4 Å². The molecule has 4 nitrogen and oxygen atoms in total. The number of pyridine rings is 1. The molecule has 1 atom stereocenters. The smallest absolute Gasteiger partial charge is 0.272 e. The third-order valence-electron chi connectivity index (χ3n) is 5.33. The number of nitrogens with zero attached hydrogens (tertiary/aromatic N) is 3. The molecule has 4 rings (SSSR count). The summed E-state index contributed by atoms with van der Waals surface area (Å²) in [6, 6.07) is 12.5. The first-order valence-electron chi connectivity index (χ1n) is 9.33. The van der Waals surface area contributed by atoms with Crippen molar-refractivity contribution in [2.45, 2.75) is 32.6 Å². The van der Waals surface area contributed by atoms with Crippen LogP contribution >= 0.6 is 0 Å². The molecule has 2 aromatic rings. The quantitative estimate of drug-likeness (QED) is 0.831. The van der Waals surface area contributed by atoms with Crippen molar-refractivity contribution >= 4 is 17.3 Å². The predicted molar refractivity (Wildman–Crippen MR) is 100 cm³/mol. The summed E-state index contributed by atoms with van der Waals surface area (Å²) in [4.78, 5) is 21.4. The second-order valence-electron chi connectivity index (χ2n) is 7.28. The standard InChI is InChI=1S/C21H25N3O/c1-16-6-4-12-23(15-16)21(25)19-11-10-18(14-22-19)24-13-5-8-17-7-2-3-9-20(17)24/h2-3,7,9-11,14,16H,4-6,8,12-13,15H2,1H3. The minimum atomic E-state index is 0.0668. The lowest BCUT2D eigenvalue weighted by atomic mass is 10.00. The van der Waals surface area contributed by atoms with Crippen LogP contribution in [0.5, 0.6) is 0 Å². The maximum Gasteiger partial charge on any atom is 0.272 e. The molecule has 0 bridgehead atoms. The van der Waals surface area contributed by atoms with E-state index in [1.165, 1.54) is 17.7 Å². The topological polar surface area (TPSA) is 36.4 Å². The van der Waals surface area contributed by atoms with E-state index in [4.69, 9.17) is 0 Å². The molecule has 0 saturated carbocycles. The van der Waals surface area contributed by atoms with E-state index in [1.807, 2.05) is 23.2 Å². The van der Waals surface area contributed by atoms with Crippen LogP contribution in [0.3, 0.4) is 0 Å². The molecule has 4 heteroatoms. The van der Waals surface area contributed by atoms with Crippen molar-refractivity contribution in [2.24, 2.45) is 5.92 Å². The number of carbonyl (C=O) groups is 1. The Labute approximate surface area is 149 Å². The Kier molecular flexibility index (Phi) is 4.43. The molecular weight excluding hydrogens is 310 g/mol. The fourth-order valence-corrected chi connectivity index (χ4v) is 4.01. The van der Waals surface area contributed by atoms with E-state index in [-0.39, 0.29) is 5.91 Å². The van der Waals surface area contributed by atoms with Crippen LogP contribution in [0.1, 0.15) is 42.2 Å². The van der Waals surface area contributed by atoms with Gasteiger partial charge in [0.05, 0.1) is 11.9 Å². The first kappa shape index (κ1) is 16.1. The molecule has 1 aromatic carbocycles. The lowest BCUT2D eigenvalue weighted by molar-refractivity contribution is 0.0677. The summed E-state index contributed by atoms with van der Waals surface area (Å²) in [5.41, 5.74) is 4.27. The van der Waals surface area contributed by atoms with E-state index in [0.717, 1.165) is 44.6 Å². The Balaban J connectivity index is 1.54. The second-order valence-corrected chi connectivity index (χ2v) is 7.28. The van der Waals surface area contributed by atoms with Crippen LogP contribution in [0.25, 0.3) is 0 Å². The zero-order valence-corrected chi connectivity index (χ0v) is 14.8. The molecule has 0 aliphatic carbocycles. The molecule has 0 N–H and O–H groups in total. The number of likely N-dealkylation sites (tertiary alicyclic amines) is 1. The van der Waals surface area contributed by atoms with Gasteiger partial charge in [0.15, 0.2) is 0 Å². The number of fused-ring (bicyclic) bond motifs is 1. The van der Waals surface area contributed by atoms with Crippen LogP contribution in [-0.2, 0) is 6.42 Å². The molecular formula is C21H25N3O. The number of carbonyl (C=O) groups excluding carboxylic acids is 1. The van der Waals surface area contributed by atoms with Crippen molar-refractivity contribution in [3.63, 3.8) is 0 Å². The molecule has 3 heterocycles. The van der Waals surface area contributed by atoms with Gasteiger partial charge in [-0.1, -0.05) is 25.1 Å². The SMILES string of the molecule is CC1CCCN(C(=O)c2ccc(N3CCCc4ccccc43)cn2)C1. The molecule has 0 spiro atoms. The van der Waals surface area contributed by atoms with Gasteiger partial charge < -0.3 is 9.80 Å². The van der Waals surface area contributed by atoms with Crippen molar-refractivity contribution in [3.8, 4) is 0 Å². The molecule has 2 aliphatic heterocycles. The average Bonchev–Trinajstić information content (AvgIpc) is 2.67. The first-order valence-corrected chi connectivity index (χ1v) is 9.33. The number of rotatable bonds is 2. The van der Waals surface area contributed by atoms with Crippen molar-refractivity contribution in [1.29, 1.82) is 0 Å². The number of amides is 1. The number of para-hydroxylation sites is 1. The van der Waals surface area contributed by atoms with E-state index >= 15 is 0 Å². The summed E-state index contributed by atoms with van der Waals surface area (Å²) in [5, 5.41) is 0. The van der Waals surface area contributed by atoms with Gasteiger partial charge in [0.25, 0.3) is 5.91 Å². The number of benzene rings is 1. The Morgan fingerprint density at radius 3 is 2.80 bits per heavy atom. The molecule has 130 valence electrons. The zero-order chi connectivity index (χ0) is 17.2. The van der Waals surface area contributed by atoms with Gasteiger partial charge >= 0.3 is 0 Å². The number of anilines is 2. The first-order chi connectivity index (χ1) is 12.2. The van der Waals surface area contributed by atoms with E-state index in [0.29, 0.717) is 11.6 Å². The van der Waals surface area contributed by atoms with Gasteiger partial charge in [-0.3, -0.25) is 4.79 Å². The van der Waals surface area contributed by atoms with Crippen LogP contribution in [0.15, 0.2) is 42.6 Å². The average molecular weight is 335 g/mol. The van der Waals surface area contributed by atoms with E-state index in [1.54, 1.807) is 0 Å². The maximum absolute atomic E-state index is 12.7. The lowest BCUT2D eigenvalue weighted by Crippen LogP contribution is -2.39. The van der Waals surface area contributed by atoms with Gasteiger partial charge in [-0.05, 0) is 55.4 Å². The highest BCUT2D eigenvalue weighted by Crippen LogP contribution is 2.32. The van der Waals surface area contributed by atoms with E-state index in [2.05, 4.69) is 41.1 Å². The molecule has 1 amide bonds. The zero-order valence-electron chi connectivity index (χ0n) is 14.8. The van der Waals surface area contributed by atoms with E-state index in [9.17, 15) is 4.79 Å². The summed E-state index contributed by atoms with van der Waals surface area (Å²) in [7, 11) is 0. The summed E-state index contributed by atoms with van der Waals surface area (Å²) < 4.78 is 0. The molecule has 25 heavy (non-hydrogen) atoms. The van der Waals surface area contributed by atoms with Gasteiger partial charge in [-0.25, -0.2) is 4.98 Å². The van der Waals surface area contributed by atoms with Gasteiger partial charge in [0.1, 0.15) is 5.69 Å². The summed E-state index contributed by atoms with van der Waals surface area (Å²) >= 11 is 0. The van der Waals surface area contributed by atoms with Gasteiger partial charge in [0, 0.05) is 25.3 Å². The molecule has 1 unspecified atom stereocenters. The minimum absolute atomic E-state index is 0.0668. The number of hydrogen-bond donors (Lipinski definition) is 0. The predicted octanol–water partition coefficient (Wildman–Crippen LogP) is 4.04. The third-order valence-corrected chi connectivity index (χ3v) is 5.33. The van der Waals surface area contributed by atoms with Gasteiger partial charge in [-0.2, -0.15) is 0 Å². The second kappa shape index (κ2) is 6.87. The summed E-state index contributed by atoms with van der Waals surface area (Å²) in [6.07, 6.45) is 6.43. The van der Waals surface area contributed by atoms with Crippen LogP contribution < -0.4 is 4.90 Å². The summed E-state index contributed by atoms with van der Waals surface area (Å²) in [5.74, 6) is 0.652. The Morgan fingerprint density at radius 1 is 1.12 bits per heavy atom. The Morgan fingerprint density at radius 2 is 2.00 bits per heavy atom. The summed E-state index contributed by atoms with van der Waals surface area (Å²) in [6.45, 7) is 4.91. The number of hydrogen-bond acceptors (Lipinski definition) is 3. The number of aryl methyl sites for hydroxylation is 1. The fourth-order valence-electron chi connectivity index (χ4n) is 4.01. The molecule has 0 radical (unpaired) electrons. The minimum Gasteiger partial charge on any atom is -0.340 e. The monoisotopic (exact) mass is 335 g/mol. The largest absolute Gasteiger partial charge is 0.340 e. The highest BCUT2D eigenvalue weighted by atomic mass is 16.2. The van der Waals surface area contributed by atoms with Crippen molar-refractivity contribution in [3.05, 3.63) is 53.9 Å². The van der Waals surface area contributed by atoms with Gasteiger partial charge in [-0.15, -0.1) is 0 Å². The molecule has 1 saturated heterocycles. The Bertz CT molecular complexity index is 756. The van der Waals surface area contributed by atoms with Crippen molar-refractivity contribution < 1.29 is 4.79 Å². The van der Waals surface area contributed by atoms with Crippen LogP contribution in [-0.4, -0.2) is 35.4 Å². The maximum atomic E-state index is 12.7. The van der Waals surface area contributed by atoms with Gasteiger partial charge in [0.2, 0.25) is 0 Å². The van der Waals surface area contributed by atoms with Crippen molar-refractivity contribution in [2.75, 3.05) is 24.5 Å². The van der Waals surface area contributed by atoms with Crippen LogP contribution in [0.2, 0.25) is 0 Å². The normalized spacial score (nSPS) is 20.3. The van der Waals surface area contributed by atoms with Crippen molar-refractivity contribution in [1.82, 2.24) is 9.88 Å². The number of piperidine rings is 1. The van der Waals surface area contributed by atoms with E-state index < -0.39 is 0 Å². The third kappa shape index (κ3) is 3.26. The fraction of sp³-hybridized carbons (Fsp3) is 0.429.